The number of aromatic nitrogens is 3. The molecule has 222 valence electrons. The maximum atomic E-state index is 13.9. The van der Waals surface area contributed by atoms with Crippen LogP contribution in [-0.4, -0.2) is 47.0 Å². The summed E-state index contributed by atoms with van der Waals surface area (Å²) in [6.45, 7) is 1.33. The summed E-state index contributed by atoms with van der Waals surface area (Å²) in [5.41, 5.74) is -3.24. The van der Waals surface area contributed by atoms with E-state index in [1.54, 1.807) is 4.90 Å². The minimum atomic E-state index is -4.84. The standard InChI is InChI=1S/C26H19F9N6O/c1-12(42)37-15-10-17(26(33,34)35)23(36-11-15)40-2-4-41(5-3-40)24-38-20-9-14(25(30,31)32)8-16(22(20)39-24)13-6-18(27)21(29)19(28)7-13/h6-11H,2-5H2,1H3,(H,37,42)(H,38,39). The molecule has 0 atom stereocenters. The first-order valence-electron chi connectivity index (χ1n) is 12.2. The molecule has 2 aromatic carbocycles. The van der Waals surface area contributed by atoms with Crippen molar-refractivity contribution in [1.82, 2.24) is 15.0 Å². The molecule has 7 nitrogen and oxygen atoms in total. The lowest BCUT2D eigenvalue weighted by Gasteiger charge is -2.36. The number of fused-ring (bicyclic) bond motifs is 1. The number of carbonyl (C=O) groups is 1. The number of anilines is 3. The first-order valence-corrected chi connectivity index (χ1v) is 12.2. The van der Waals surface area contributed by atoms with Crippen molar-refractivity contribution in [3.8, 4) is 11.1 Å². The molecule has 5 rings (SSSR count). The van der Waals surface area contributed by atoms with Crippen LogP contribution in [0.15, 0.2) is 36.5 Å². The van der Waals surface area contributed by atoms with E-state index in [1.807, 2.05) is 0 Å². The van der Waals surface area contributed by atoms with Crippen LogP contribution < -0.4 is 15.1 Å². The van der Waals surface area contributed by atoms with Gasteiger partial charge in [-0.25, -0.2) is 23.1 Å². The second-order valence-electron chi connectivity index (χ2n) is 9.48. The maximum Gasteiger partial charge on any atom is 0.420 e. The largest absolute Gasteiger partial charge is 0.420 e. The Morgan fingerprint density at radius 1 is 0.881 bits per heavy atom. The van der Waals surface area contributed by atoms with Gasteiger partial charge in [0, 0.05) is 38.7 Å². The minimum absolute atomic E-state index is 0.0155. The van der Waals surface area contributed by atoms with Crippen molar-refractivity contribution in [2.45, 2.75) is 19.3 Å². The Hall–Kier alpha value is -4.50. The van der Waals surface area contributed by atoms with Gasteiger partial charge in [-0.05, 0) is 35.9 Å². The Bertz CT molecular complexity index is 1650. The van der Waals surface area contributed by atoms with Crippen LogP contribution in [0.2, 0.25) is 0 Å². The lowest BCUT2D eigenvalue weighted by atomic mass is 10.0. The fourth-order valence-corrected chi connectivity index (χ4v) is 4.67. The predicted molar refractivity (Wildman–Crippen MR) is 134 cm³/mol. The van der Waals surface area contributed by atoms with Gasteiger partial charge in [0.2, 0.25) is 11.9 Å². The van der Waals surface area contributed by atoms with E-state index in [-0.39, 0.29) is 65.8 Å². The maximum absolute atomic E-state index is 13.9. The van der Waals surface area contributed by atoms with Gasteiger partial charge in [-0.15, -0.1) is 0 Å². The zero-order chi connectivity index (χ0) is 30.6. The molecule has 2 aromatic heterocycles. The van der Waals surface area contributed by atoms with Crippen molar-refractivity contribution in [1.29, 1.82) is 0 Å². The molecule has 0 spiro atoms. The van der Waals surface area contributed by atoms with Crippen LogP contribution in [0.1, 0.15) is 18.1 Å². The molecule has 2 N–H and O–H groups in total. The summed E-state index contributed by atoms with van der Waals surface area (Å²) in [5.74, 6) is -5.84. The lowest BCUT2D eigenvalue weighted by Crippen LogP contribution is -2.47. The Morgan fingerprint density at radius 3 is 2.07 bits per heavy atom. The molecule has 1 aliphatic heterocycles. The number of rotatable bonds is 4. The molecule has 1 saturated heterocycles. The molecule has 3 heterocycles. The van der Waals surface area contributed by atoms with Crippen molar-refractivity contribution in [3.05, 3.63) is 65.1 Å². The van der Waals surface area contributed by atoms with E-state index in [4.69, 9.17) is 0 Å². The summed E-state index contributed by atoms with van der Waals surface area (Å²) in [4.78, 5) is 25.2. The van der Waals surface area contributed by atoms with Crippen LogP contribution in [0.5, 0.6) is 0 Å². The van der Waals surface area contributed by atoms with Crippen LogP contribution in [0.3, 0.4) is 0 Å². The predicted octanol–water partition coefficient (Wildman–Crippen LogP) is 6.36. The van der Waals surface area contributed by atoms with E-state index < -0.39 is 46.8 Å². The van der Waals surface area contributed by atoms with Crippen LogP contribution in [-0.2, 0) is 17.1 Å². The topological polar surface area (TPSA) is 77.2 Å². The average Bonchev–Trinajstić information content (AvgIpc) is 3.34. The Kier molecular flexibility index (Phi) is 7.18. The third-order valence-electron chi connectivity index (χ3n) is 6.57. The van der Waals surface area contributed by atoms with Gasteiger partial charge in [0.25, 0.3) is 0 Å². The number of amides is 1. The number of pyridine rings is 1. The smallest absolute Gasteiger partial charge is 0.353 e. The fraction of sp³-hybridized carbons (Fsp3) is 0.269. The van der Waals surface area contributed by atoms with Crippen molar-refractivity contribution < 1.29 is 44.3 Å². The molecular formula is C26H19F9N6O. The summed E-state index contributed by atoms with van der Waals surface area (Å²) in [7, 11) is 0. The zero-order valence-corrected chi connectivity index (χ0v) is 21.4. The van der Waals surface area contributed by atoms with Crippen molar-refractivity contribution in [3.63, 3.8) is 0 Å². The number of piperazine rings is 1. The molecule has 0 unspecified atom stereocenters. The van der Waals surface area contributed by atoms with Gasteiger partial charge in [-0.3, -0.25) is 4.79 Å². The Labute approximate surface area is 231 Å². The summed E-state index contributed by atoms with van der Waals surface area (Å²) in [6, 6.07) is 3.30. The first kappa shape index (κ1) is 29.0. The molecule has 0 radical (unpaired) electrons. The van der Waals surface area contributed by atoms with E-state index in [0.717, 1.165) is 25.3 Å². The van der Waals surface area contributed by atoms with E-state index in [9.17, 15) is 44.3 Å². The molecular weight excluding hydrogens is 583 g/mol. The van der Waals surface area contributed by atoms with Crippen molar-refractivity contribution >= 4 is 34.4 Å². The second-order valence-corrected chi connectivity index (χ2v) is 9.48. The van der Waals surface area contributed by atoms with Crippen LogP contribution in [0.4, 0.5) is 57.0 Å². The third kappa shape index (κ3) is 5.65. The number of carbonyl (C=O) groups excluding carboxylic acids is 1. The first-order chi connectivity index (χ1) is 19.6. The van der Waals surface area contributed by atoms with E-state index in [0.29, 0.717) is 18.2 Å². The molecule has 42 heavy (non-hydrogen) atoms. The van der Waals surface area contributed by atoms with Gasteiger partial charge < -0.3 is 20.1 Å². The highest BCUT2D eigenvalue weighted by atomic mass is 19.4. The second kappa shape index (κ2) is 10.4. The number of alkyl halides is 6. The third-order valence-corrected chi connectivity index (χ3v) is 6.57. The Morgan fingerprint density at radius 2 is 1.50 bits per heavy atom. The van der Waals surface area contributed by atoms with Crippen molar-refractivity contribution in [2.24, 2.45) is 0 Å². The number of halogens is 9. The van der Waals surface area contributed by atoms with Gasteiger partial charge >= 0.3 is 12.4 Å². The number of hydrogen-bond acceptors (Lipinski definition) is 5. The monoisotopic (exact) mass is 602 g/mol. The number of nitrogens with zero attached hydrogens (tertiary/aromatic N) is 4. The average molecular weight is 602 g/mol. The number of aromatic amines is 1. The molecule has 1 aliphatic rings. The SMILES string of the molecule is CC(=O)Nc1cnc(N2CCN(c3nc4c(-c5cc(F)c(F)c(F)c5)cc(C(F)(F)F)cc4[nH]3)CC2)c(C(F)(F)F)c1. The summed E-state index contributed by atoms with van der Waals surface area (Å²) < 4.78 is 124. The molecule has 4 aromatic rings. The highest BCUT2D eigenvalue weighted by Gasteiger charge is 2.37. The van der Waals surface area contributed by atoms with E-state index >= 15 is 0 Å². The van der Waals surface area contributed by atoms with Gasteiger partial charge in [-0.2, -0.15) is 26.3 Å². The Balaban J connectivity index is 1.46. The number of imidazole rings is 1. The number of nitrogens with one attached hydrogen (secondary N) is 2. The number of hydrogen-bond donors (Lipinski definition) is 2. The highest BCUT2D eigenvalue weighted by molar-refractivity contribution is 5.94. The van der Waals surface area contributed by atoms with Crippen LogP contribution in [0, 0.1) is 17.5 Å². The molecule has 0 bridgehead atoms. The van der Waals surface area contributed by atoms with Gasteiger partial charge in [-0.1, -0.05) is 0 Å². The van der Waals surface area contributed by atoms with Crippen molar-refractivity contribution in [2.75, 3.05) is 41.3 Å². The van der Waals surface area contributed by atoms with Crippen LogP contribution >= 0.6 is 0 Å². The molecule has 1 fully saturated rings. The van der Waals surface area contributed by atoms with E-state index in [2.05, 4.69) is 20.3 Å². The highest BCUT2D eigenvalue weighted by Crippen LogP contribution is 2.39. The summed E-state index contributed by atoms with van der Waals surface area (Å²) in [5, 5.41) is 2.26. The summed E-state index contributed by atoms with van der Waals surface area (Å²) in [6.07, 6.45) is -8.52. The summed E-state index contributed by atoms with van der Waals surface area (Å²) >= 11 is 0. The van der Waals surface area contributed by atoms with E-state index in [1.165, 1.54) is 4.90 Å². The quantitative estimate of drug-likeness (QED) is 0.210. The molecule has 16 heteroatoms. The van der Waals surface area contributed by atoms with Crippen LogP contribution in [0.25, 0.3) is 22.2 Å². The molecule has 0 saturated carbocycles. The lowest BCUT2D eigenvalue weighted by molar-refractivity contribution is -0.138. The number of benzene rings is 2. The van der Waals surface area contributed by atoms with Gasteiger partial charge in [0.1, 0.15) is 11.4 Å². The molecule has 1 amide bonds. The zero-order valence-electron chi connectivity index (χ0n) is 21.4. The minimum Gasteiger partial charge on any atom is -0.353 e. The molecule has 0 aliphatic carbocycles. The number of H-pyrrole nitrogens is 1. The van der Waals surface area contributed by atoms with Gasteiger partial charge in [0.05, 0.1) is 28.5 Å². The normalized spacial score (nSPS) is 14.5. The fourth-order valence-electron chi connectivity index (χ4n) is 4.67. The van der Waals surface area contributed by atoms with Gasteiger partial charge in [0.15, 0.2) is 17.5 Å².